The Balaban J connectivity index is 0.871. The van der Waals surface area contributed by atoms with Crippen molar-refractivity contribution in [2.24, 2.45) is 0 Å². The third kappa shape index (κ3) is 5.26. The molecule has 2 aliphatic rings. The van der Waals surface area contributed by atoms with Crippen LogP contribution in [0.1, 0.15) is 49.9 Å². The van der Waals surface area contributed by atoms with Crippen molar-refractivity contribution in [3.63, 3.8) is 0 Å². The summed E-state index contributed by atoms with van der Waals surface area (Å²) in [6.45, 7) is 9.51. The molecule has 0 amide bonds. The molecule has 0 spiro atoms. The maximum Gasteiger partial charge on any atom is 0.135 e. The number of hydrogen-bond acceptors (Lipinski definition) is 3. The summed E-state index contributed by atoms with van der Waals surface area (Å²) < 4.78 is 12.3. The smallest absolute Gasteiger partial charge is 0.135 e. The van der Waals surface area contributed by atoms with E-state index in [9.17, 15) is 0 Å². The highest BCUT2D eigenvalue weighted by Crippen LogP contribution is 2.54. The highest BCUT2D eigenvalue weighted by atomic mass is 16.3. The van der Waals surface area contributed by atoms with Gasteiger partial charge in [-0.3, -0.25) is 0 Å². The van der Waals surface area contributed by atoms with Gasteiger partial charge in [0.25, 0.3) is 0 Å². The largest absolute Gasteiger partial charge is 0.456 e. The van der Waals surface area contributed by atoms with Crippen molar-refractivity contribution in [2.75, 3.05) is 4.90 Å². The molecule has 0 fully saturated rings. The lowest BCUT2D eigenvalue weighted by Gasteiger charge is -2.29. The monoisotopic (exact) mass is 809 g/mol. The number of furan rings is 2. The van der Waals surface area contributed by atoms with E-state index in [2.05, 4.69) is 196 Å². The van der Waals surface area contributed by atoms with Crippen LogP contribution in [-0.2, 0) is 10.8 Å². The maximum absolute atomic E-state index is 6.17. The number of hydrogen-bond donors (Lipinski definition) is 0. The van der Waals surface area contributed by atoms with Crippen LogP contribution < -0.4 is 4.90 Å². The maximum atomic E-state index is 6.17. The van der Waals surface area contributed by atoms with Crippen LogP contribution >= 0.6 is 0 Å². The van der Waals surface area contributed by atoms with Crippen molar-refractivity contribution in [1.82, 2.24) is 0 Å². The zero-order valence-corrected chi connectivity index (χ0v) is 35.7. The van der Waals surface area contributed by atoms with Crippen molar-refractivity contribution in [2.45, 2.75) is 38.5 Å². The van der Waals surface area contributed by atoms with Crippen molar-refractivity contribution >= 4 is 60.9 Å². The Morgan fingerprint density at radius 2 is 0.667 bits per heavy atom. The van der Waals surface area contributed by atoms with E-state index < -0.39 is 0 Å². The second kappa shape index (κ2) is 13.0. The predicted octanol–water partition coefficient (Wildman–Crippen LogP) is 16.9. The molecule has 0 unspecified atom stereocenters. The molecule has 2 heterocycles. The molecule has 0 atom stereocenters. The first-order chi connectivity index (χ1) is 30.7. The van der Waals surface area contributed by atoms with E-state index in [1.165, 1.54) is 66.8 Å². The number of benzene rings is 9. The first-order valence-electron chi connectivity index (χ1n) is 22.0. The first kappa shape index (κ1) is 36.1. The summed E-state index contributed by atoms with van der Waals surface area (Å²) in [7, 11) is 0. The second-order valence-electron chi connectivity index (χ2n) is 18.5. The minimum Gasteiger partial charge on any atom is -0.456 e. The molecule has 3 nitrogen and oxygen atoms in total. The Morgan fingerprint density at radius 1 is 0.302 bits per heavy atom. The number of nitrogens with zero attached hydrogens (tertiary/aromatic N) is 1. The third-order valence-corrected chi connectivity index (χ3v) is 14.3. The quantitative estimate of drug-likeness (QED) is 0.173. The van der Waals surface area contributed by atoms with E-state index >= 15 is 0 Å². The van der Waals surface area contributed by atoms with E-state index in [1.54, 1.807) is 0 Å². The van der Waals surface area contributed by atoms with Crippen LogP contribution in [0.3, 0.4) is 0 Å². The van der Waals surface area contributed by atoms with E-state index in [-0.39, 0.29) is 10.8 Å². The number of rotatable bonds is 5. The fourth-order valence-corrected chi connectivity index (χ4v) is 10.9. The van der Waals surface area contributed by atoms with Crippen LogP contribution in [0, 0.1) is 0 Å². The van der Waals surface area contributed by atoms with Crippen LogP contribution in [0.25, 0.3) is 88.4 Å². The molecule has 3 heteroatoms. The van der Waals surface area contributed by atoms with Gasteiger partial charge in [0.2, 0.25) is 0 Å². The Bertz CT molecular complexity index is 3470. The SMILES string of the molecule is CC1(C)c2cc(-c3ccc4oc5ccccc5c4c3)ccc2-c2ccc(N(c3ccccc3)c3ccc4c(c3)C(C)(C)c3cc(-c5ccc6oc7ccccc7c6c5)ccc3-4)cc21. The fourth-order valence-electron chi connectivity index (χ4n) is 10.9. The number of fused-ring (bicyclic) bond motifs is 12. The summed E-state index contributed by atoms with van der Waals surface area (Å²) in [6, 6.07) is 68.8. The molecule has 11 aromatic rings. The van der Waals surface area contributed by atoms with Gasteiger partial charge in [-0.25, -0.2) is 0 Å². The zero-order chi connectivity index (χ0) is 42.2. The molecule has 0 saturated heterocycles. The van der Waals surface area contributed by atoms with Crippen LogP contribution in [0.2, 0.25) is 0 Å². The van der Waals surface area contributed by atoms with E-state index in [4.69, 9.17) is 8.83 Å². The molecule has 9 aromatic carbocycles. The van der Waals surface area contributed by atoms with E-state index in [0.29, 0.717) is 0 Å². The van der Waals surface area contributed by atoms with Gasteiger partial charge >= 0.3 is 0 Å². The van der Waals surface area contributed by atoms with Gasteiger partial charge in [-0.15, -0.1) is 0 Å². The molecular formula is C60H43NO2. The average molecular weight is 810 g/mol. The van der Waals surface area contributed by atoms with Crippen LogP contribution in [0.15, 0.2) is 197 Å². The minimum atomic E-state index is -0.208. The number of para-hydroxylation sites is 3. The standard InChI is InChI=1S/C60H43NO2/c1-59(2)51-32-38(36-20-28-57-49(30-36)47-14-8-10-16-55(47)62-57)18-24-43(51)45-26-22-41(34-53(45)59)61(40-12-6-5-7-13-40)42-23-27-46-44-25-19-39(33-52(44)60(3,4)54(46)35-42)37-21-29-58-50(31-37)48-15-9-11-17-56(48)63-58/h5-35H,1-4H3. The highest BCUT2D eigenvalue weighted by molar-refractivity contribution is 6.07. The lowest BCUT2D eigenvalue weighted by atomic mass is 9.81. The van der Waals surface area contributed by atoms with Gasteiger partial charge in [0.15, 0.2) is 0 Å². The molecular weight excluding hydrogens is 767 g/mol. The Labute approximate surface area is 366 Å². The molecule has 63 heavy (non-hydrogen) atoms. The summed E-state index contributed by atoms with van der Waals surface area (Å²) in [5, 5.41) is 4.60. The van der Waals surface area contributed by atoms with E-state index in [1.807, 2.05) is 24.3 Å². The topological polar surface area (TPSA) is 29.5 Å². The van der Waals surface area contributed by atoms with Crippen LogP contribution in [-0.4, -0.2) is 0 Å². The van der Waals surface area contributed by atoms with Gasteiger partial charge in [0.1, 0.15) is 22.3 Å². The van der Waals surface area contributed by atoms with Crippen molar-refractivity contribution in [3.05, 3.63) is 210 Å². The summed E-state index contributed by atoms with van der Waals surface area (Å²) in [4.78, 5) is 2.43. The van der Waals surface area contributed by atoms with Gasteiger partial charge in [-0.1, -0.05) is 131 Å². The highest BCUT2D eigenvalue weighted by Gasteiger charge is 2.38. The van der Waals surface area contributed by atoms with Gasteiger partial charge in [0.05, 0.1) is 0 Å². The predicted molar refractivity (Wildman–Crippen MR) is 262 cm³/mol. The molecule has 13 rings (SSSR count). The third-order valence-electron chi connectivity index (χ3n) is 14.3. The molecule has 0 radical (unpaired) electrons. The molecule has 0 saturated carbocycles. The van der Waals surface area contributed by atoms with E-state index in [0.717, 1.165) is 60.9 Å². The average Bonchev–Trinajstić information content (AvgIpc) is 4.01. The van der Waals surface area contributed by atoms with Gasteiger partial charge < -0.3 is 13.7 Å². The summed E-state index contributed by atoms with van der Waals surface area (Å²) in [5.74, 6) is 0. The Hall–Kier alpha value is -7.62. The lowest BCUT2D eigenvalue weighted by Crippen LogP contribution is -2.18. The molecule has 2 aliphatic carbocycles. The zero-order valence-electron chi connectivity index (χ0n) is 35.7. The lowest BCUT2D eigenvalue weighted by molar-refractivity contribution is 0.660. The minimum absolute atomic E-state index is 0.208. The fraction of sp³-hybridized carbons (Fsp3) is 0.100. The van der Waals surface area contributed by atoms with Gasteiger partial charge in [-0.05, 0) is 152 Å². The number of anilines is 3. The van der Waals surface area contributed by atoms with Crippen LogP contribution in [0.4, 0.5) is 17.1 Å². The van der Waals surface area contributed by atoms with Crippen molar-refractivity contribution < 1.29 is 8.83 Å². The molecule has 300 valence electrons. The van der Waals surface area contributed by atoms with Gasteiger partial charge in [-0.2, -0.15) is 0 Å². The van der Waals surface area contributed by atoms with Gasteiger partial charge in [0, 0.05) is 49.4 Å². The molecule has 0 bridgehead atoms. The van der Waals surface area contributed by atoms with Crippen molar-refractivity contribution in [1.29, 1.82) is 0 Å². The summed E-state index contributed by atoms with van der Waals surface area (Å²) >= 11 is 0. The Morgan fingerprint density at radius 3 is 1.14 bits per heavy atom. The molecule has 0 aliphatic heterocycles. The summed E-state index contributed by atoms with van der Waals surface area (Å²) in [6.07, 6.45) is 0. The first-order valence-corrected chi connectivity index (χ1v) is 22.0. The molecule has 0 N–H and O–H groups in total. The van der Waals surface area contributed by atoms with Crippen LogP contribution in [0.5, 0.6) is 0 Å². The normalized spacial score (nSPS) is 14.3. The van der Waals surface area contributed by atoms with Crippen molar-refractivity contribution in [3.8, 4) is 44.5 Å². The second-order valence-corrected chi connectivity index (χ2v) is 18.5. The molecule has 2 aromatic heterocycles. The Kier molecular flexibility index (Phi) is 7.42. The summed E-state index contributed by atoms with van der Waals surface area (Å²) in [5.41, 5.74) is 22.1.